The van der Waals surface area contributed by atoms with Crippen LogP contribution in [-0.4, -0.2) is 58.2 Å². The topological polar surface area (TPSA) is 106 Å². The molecule has 0 aromatic heterocycles. The number of aliphatic imine (C=N–C) groups is 2. The molecule has 126 valence electrons. The van der Waals surface area contributed by atoms with Crippen molar-refractivity contribution in [2.75, 3.05) is 13.2 Å². The first-order valence-electron chi connectivity index (χ1n) is 7.49. The fraction of sp³-hybridized carbons (Fsp3) is 0.222. The molecule has 0 aliphatic heterocycles. The minimum absolute atomic E-state index is 0.0798. The van der Waals surface area contributed by atoms with Gasteiger partial charge < -0.3 is 20.4 Å². The van der Waals surface area contributed by atoms with Crippen LogP contribution in [0.1, 0.15) is 11.1 Å². The second-order valence-electron chi connectivity index (χ2n) is 5.17. The van der Waals surface area contributed by atoms with Crippen molar-refractivity contribution in [1.82, 2.24) is 0 Å². The lowest BCUT2D eigenvalue weighted by molar-refractivity contribution is 0.202. The summed E-state index contributed by atoms with van der Waals surface area (Å²) in [5, 5.41) is 38.5. The van der Waals surface area contributed by atoms with Gasteiger partial charge in [-0.2, -0.15) is 0 Å². The number of aliphatic hydroxyl groups is 2. The van der Waals surface area contributed by atoms with E-state index < -0.39 is 12.1 Å². The van der Waals surface area contributed by atoms with Crippen LogP contribution in [0.2, 0.25) is 0 Å². The van der Waals surface area contributed by atoms with Crippen LogP contribution in [0.25, 0.3) is 0 Å². The van der Waals surface area contributed by atoms with E-state index in [1.54, 1.807) is 36.4 Å². The number of hydrogen-bond donors (Lipinski definition) is 4. The van der Waals surface area contributed by atoms with Gasteiger partial charge in [0.05, 0.1) is 25.3 Å². The van der Waals surface area contributed by atoms with E-state index in [-0.39, 0.29) is 24.7 Å². The smallest absolute Gasteiger partial charge is 0.124 e. The highest BCUT2D eigenvalue weighted by atomic mass is 16.3. The molecule has 0 spiro atoms. The van der Waals surface area contributed by atoms with E-state index in [4.69, 9.17) is 0 Å². The van der Waals surface area contributed by atoms with Crippen molar-refractivity contribution in [1.29, 1.82) is 0 Å². The van der Waals surface area contributed by atoms with Crippen molar-refractivity contribution in [3.05, 3.63) is 59.7 Å². The molecule has 0 bridgehead atoms. The summed E-state index contributed by atoms with van der Waals surface area (Å²) in [6.45, 7) is -0.624. The largest absolute Gasteiger partial charge is 0.507 e. The maximum absolute atomic E-state index is 9.71. The number of para-hydroxylation sites is 2. The van der Waals surface area contributed by atoms with Crippen LogP contribution in [0.15, 0.2) is 58.5 Å². The number of aromatic hydroxyl groups is 2. The Morgan fingerprint density at radius 3 is 1.42 bits per heavy atom. The summed E-state index contributed by atoms with van der Waals surface area (Å²) in [4.78, 5) is 8.42. The molecule has 2 atom stereocenters. The maximum Gasteiger partial charge on any atom is 0.124 e. The normalized spacial score (nSPS) is 14.2. The second-order valence-corrected chi connectivity index (χ2v) is 5.17. The van der Waals surface area contributed by atoms with E-state index in [0.29, 0.717) is 11.1 Å². The van der Waals surface area contributed by atoms with E-state index in [9.17, 15) is 20.4 Å². The molecule has 0 amide bonds. The molecule has 6 nitrogen and oxygen atoms in total. The van der Waals surface area contributed by atoms with Crippen molar-refractivity contribution in [2.45, 2.75) is 12.1 Å². The first kappa shape index (κ1) is 17.7. The average Bonchev–Trinajstić information content (AvgIpc) is 2.60. The van der Waals surface area contributed by atoms with E-state index in [1.807, 2.05) is 0 Å². The molecule has 2 aromatic carbocycles. The summed E-state index contributed by atoms with van der Waals surface area (Å²) < 4.78 is 0. The van der Waals surface area contributed by atoms with Crippen molar-refractivity contribution in [3.63, 3.8) is 0 Å². The molecule has 2 aromatic rings. The van der Waals surface area contributed by atoms with Gasteiger partial charge in [0.25, 0.3) is 0 Å². The highest BCUT2D eigenvalue weighted by Gasteiger charge is 2.17. The first-order chi connectivity index (χ1) is 11.7. The molecule has 2 rings (SSSR count). The molecular weight excluding hydrogens is 308 g/mol. The Bertz CT molecular complexity index is 654. The summed E-state index contributed by atoms with van der Waals surface area (Å²) in [5.74, 6) is 0.160. The Morgan fingerprint density at radius 1 is 0.708 bits per heavy atom. The third-order valence-corrected chi connectivity index (χ3v) is 3.50. The van der Waals surface area contributed by atoms with Crippen LogP contribution in [0, 0.1) is 0 Å². The van der Waals surface area contributed by atoms with Crippen molar-refractivity contribution >= 4 is 12.4 Å². The number of nitrogens with zero attached hydrogens (tertiary/aromatic N) is 2. The van der Waals surface area contributed by atoms with Crippen LogP contribution in [0.5, 0.6) is 11.5 Å². The molecule has 24 heavy (non-hydrogen) atoms. The van der Waals surface area contributed by atoms with E-state index >= 15 is 0 Å². The SMILES string of the molecule is OC[C@@H](N=Cc1ccccc1O)[C@@H](CO)N=Cc1ccccc1O. The third kappa shape index (κ3) is 4.65. The van der Waals surface area contributed by atoms with Gasteiger partial charge in [0.15, 0.2) is 0 Å². The summed E-state index contributed by atoms with van der Waals surface area (Å²) in [6, 6.07) is 12.0. The molecule has 4 N–H and O–H groups in total. The molecule has 0 aliphatic carbocycles. The molecule has 6 heteroatoms. The Morgan fingerprint density at radius 2 is 1.08 bits per heavy atom. The van der Waals surface area contributed by atoms with Gasteiger partial charge in [-0.3, -0.25) is 9.98 Å². The number of rotatable bonds is 7. The van der Waals surface area contributed by atoms with Crippen molar-refractivity contribution in [2.24, 2.45) is 9.98 Å². The Hall–Kier alpha value is -2.70. The average molecular weight is 328 g/mol. The van der Waals surface area contributed by atoms with Gasteiger partial charge in [-0.1, -0.05) is 24.3 Å². The van der Waals surface area contributed by atoms with Gasteiger partial charge >= 0.3 is 0 Å². The van der Waals surface area contributed by atoms with Gasteiger partial charge in [0, 0.05) is 23.6 Å². The van der Waals surface area contributed by atoms with Gasteiger partial charge in [-0.05, 0) is 24.3 Å². The Balaban J connectivity index is 2.15. The number of hydrogen-bond acceptors (Lipinski definition) is 6. The molecule has 0 heterocycles. The fourth-order valence-corrected chi connectivity index (χ4v) is 2.08. The van der Waals surface area contributed by atoms with Crippen molar-refractivity contribution in [3.8, 4) is 11.5 Å². The lowest BCUT2D eigenvalue weighted by Crippen LogP contribution is -2.30. The molecule has 0 saturated heterocycles. The van der Waals surface area contributed by atoms with Crippen LogP contribution in [-0.2, 0) is 0 Å². The zero-order valence-electron chi connectivity index (χ0n) is 13.0. The van der Waals surface area contributed by atoms with Gasteiger partial charge in [0.2, 0.25) is 0 Å². The lowest BCUT2D eigenvalue weighted by atomic mass is 10.1. The van der Waals surface area contributed by atoms with Gasteiger partial charge in [-0.25, -0.2) is 0 Å². The van der Waals surface area contributed by atoms with E-state index in [0.717, 1.165) is 0 Å². The van der Waals surface area contributed by atoms with Gasteiger partial charge in [0.1, 0.15) is 11.5 Å². The number of benzene rings is 2. The Labute approximate surface area is 140 Å². The molecule has 0 radical (unpaired) electrons. The lowest BCUT2D eigenvalue weighted by Gasteiger charge is -2.16. The monoisotopic (exact) mass is 328 g/mol. The van der Waals surface area contributed by atoms with E-state index in [1.165, 1.54) is 24.6 Å². The number of phenolic OH excluding ortho intramolecular Hbond substituents is 2. The van der Waals surface area contributed by atoms with Crippen LogP contribution in [0.4, 0.5) is 0 Å². The predicted molar refractivity (Wildman–Crippen MR) is 93.1 cm³/mol. The molecule has 0 unspecified atom stereocenters. The highest BCUT2D eigenvalue weighted by Crippen LogP contribution is 2.15. The predicted octanol–water partition coefficient (Wildman–Crippen LogP) is 1.36. The molecule has 0 saturated carbocycles. The number of aliphatic hydroxyl groups excluding tert-OH is 2. The quantitative estimate of drug-likeness (QED) is 0.576. The highest BCUT2D eigenvalue weighted by molar-refractivity contribution is 5.84. The van der Waals surface area contributed by atoms with Crippen LogP contribution >= 0.6 is 0 Å². The summed E-state index contributed by atoms with van der Waals surface area (Å²) >= 11 is 0. The minimum Gasteiger partial charge on any atom is -0.507 e. The van der Waals surface area contributed by atoms with E-state index in [2.05, 4.69) is 9.98 Å². The first-order valence-corrected chi connectivity index (χ1v) is 7.49. The molecule has 0 fully saturated rings. The van der Waals surface area contributed by atoms with Crippen LogP contribution in [0.3, 0.4) is 0 Å². The zero-order valence-corrected chi connectivity index (χ0v) is 13.0. The summed E-state index contributed by atoms with van der Waals surface area (Å²) in [6.07, 6.45) is 2.88. The molecule has 0 aliphatic rings. The maximum atomic E-state index is 9.71. The van der Waals surface area contributed by atoms with Crippen LogP contribution < -0.4 is 0 Å². The van der Waals surface area contributed by atoms with Crippen molar-refractivity contribution < 1.29 is 20.4 Å². The Kier molecular flexibility index (Phi) is 6.48. The molecular formula is C18H20N2O4. The summed E-state index contributed by atoms with van der Waals surface area (Å²) in [7, 11) is 0. The standard InChI is InChI=1S/C18H20N2O4/c21-11-15(19-9-13-5-1-3-7-17(13)23)16(12-22)20-10-14-6-2-4-8-18(14)24/h1-10,15-16,21-24H,11-12H2/t15-,16-/m1/s1. The zero-order chi connectivity index (χ0) is 17.4. The second kappa shape index (κ2) is 8.81. The number of phenols is 2. The van der Waals surface area contributed by atoms with Gasteiger partial charge in [-0.15, -0.1) is 0 Å². The fourth-order valence-electron chi connectivity index (χ4n) is 2.08. The minimum atomic E-state index is -0.670. The third-order valence-electron chi connectivity index (χ3n) is 3.50. The summed E-state index contributed by atoms with van der Waals surface area (Å²) in [5.41, 5.74) is 1.02.